The van der Waals surface area contributed by atoms with Crippen molar-refractivity contribution in [2.75, 3.05) is 0 Å². The zero-order valence-corrected chi connectivity index (χ0v) is 16.7. The van der Waals surface area contributed by atoms with Crippen LogP contribution in [0.4, 0.5) is 0 Å². The van der Waals surface area contributed by atoms with Gasteiger partial charge in [0.25, 0.3) is 0 Å². The molecule has 0 spiro atoms. The summed E-state index contributed by atoms with van der Waals surface area (Å²) < 4.78 is 39.2. The zero-order chi connectivity index (χ0) is 19.1. The van der Waals surface area contributed by atoms with Crippen LogP contribution >= 0.6 is 11.7 Å². The van der Waals surface area contributed by atoms with Crippen molar-refractivity contribution in [3.63, 3.8) is 0 Å². The molecule has 1 aliphatic carbocycles. The summed E-state index contributed by atoms with van der Waals surface area (Å²) in [5.74, 6) is 0.995. The second-order valence-electron chi connectivity index (χ2n) is 7.15. The van der Waals surface area contributed by atoms with Crippen LogP contribution in [0.25, 0.3) is 22.4 Å². The van der Waals surface area contributed by atoms with E-state index in [0.717, 1.165) is 48.8 Å². The number of hydrogen-bond donors (Lipinski definition) is 1. The van der Waals surface area contributed by atoms with Crippen LogP contribution in [-0.2, 0) is 10.0 Å². The summed E-state index contributed by atoms with van der Waals surface area (Å²) in [6.07, 6.45) is 7.30. The van der Waals surface area contributed by atoms with E-state index in [2.05, 4.69) is 35.3 Å². The Kier molecular flexibility index (Phi) is 4.37. The number of fused-ring (bicyclic) bond motifs is 2. The van der Waals surface area contributed by atoms with E-state index < -0.39 is 10.0 Å². The van der Waals surface area contributed by atoms with Crippen LogP contribution in [0.1, 0.15) is 31.7 Å². The number of rotatable bonds is 4. The van der Waals surface area contributed by atoms with Gasteiger partial charge in [-0.15, -0.1) is 0 Å². The second kappa shape index (κ2) is 6.91. The van der Waals surface area contributed by atoms with E-state index in [-0.39, 0.29) is 10.9 Å². The molecule has 2 aromatic rings. The van der Waals surface area contributed by atoms with Crippen molar-refractivity contribution >= 4 is 32.8 Å². The summed E-state index contributed by atoms with van der Waals surface area (Å²) in [6, 6.07) is 11.5. The third-order valence-corrected chi connectivity index (χ3v) is 7.52. The highest BCUT2D eigenvalue weighted by Gasteiger charge is 2.28. The van der Waals surface area contributed by atoms with Gasteiger partial charge < -0.3 is 4.57 Å². The molecule has 5 rings (SSSR count). The topological polar surface area (TPSA) is 89.8 Å². The van der Waals surface area contributed by atoms with Crippen LogP contribution < -0.4 is 4.72 Å². The van der Waals surface area contributed by atoms with Gasteiger partial charge in [-0.25, -0.2) is 18.1 Å². The summed E-state index contributed by atoms with van der Waals surface area (Å²) in [4.78, 5) is 4.68. The number of nitrogens with zero attached hydrogens (tertiary/aromatic N) is 4. The van der Waals surface area contributed by atoms with Crippen LogP contribution in [-0.4, -0.2) is 32.8 Å². The van der Waals surface area contributed by atoms with Crippen LogP contribution in [0, 0.1) is 0 Å². The van der Waals surface area contributed by atoms with Gasteiger partial charge in [0, 0.05) is 30.0 Å². The molecule has 28 heavy (non-hydrogen) atoms. The van der Waals surface area contributed by atoms with Crippen molar-refractivity contribution in [1.82, 2.24) is 23.0 Å². The maximum atomic E-state index is 12.9. The first-order valence-corrected chi connectivity index (χ1v) is 11.5. The average Bonchev–Trinajstić information content (AvgIpc) is 3.37. The van der Waals surface area contributed by atoms with Gasteiger partial charge in [-0.1, -0.05) is 6.07 Å². The van der Waals surface area contributed by atoms with E-state index >= 15 is 0 Å². The fourth-order valence-corrected chi connectivity index (χ4v) is 6.11. The molecule has 0 radical (unpaired) electrons. The molecule has 9 heteroatoms. The number of aromatic nitrogens is 4. The van der Waals surface area contributed by atoms with Gasteiger partial charge in [0.15, 0.2) is 0 Å². The molecule has 0 bridgehead atoms. The minimum absolute atomic E-state index is 0.0736. The van der Waals surface area contributed by atoms with Crippen LogP contribution in [0.3, 0.4) is 0 Å². The van der Waals surface area contributed by atoms with Crippen LogP contribution in [0.15, 0.2) is 53.7 Å². The smallest absolute Gasteiger partial charge is 0.243 e. The number of nitrogens with one attached hydrogen (secondary N) is 1. The number of benzene rings is 1. The number of pyridine rings is 1. The Morgan fingerprint density at radius 1 is 1.04 bits per heavy atom. The minimum atomic E-state index is -3.63. The fourth-order valence-electron chi connectivity index (χ4n) is 4.04. The van der Waals surface area contributed by atoms with E-state index in [4.69, 9.17) is 0 Å². The third-order valence-electron chi connectivity index (χ3n) is 5.43. The first kappa shape index (κ1) is 17.7. The summed E-state index contributed by atoms with van der Waals surface area (Å²) in [7, 11) is -3.63. The Morgan fingerprint density at radius 2 is 1.89 bits per heavy atom. The van der Waals surface area contributed by atoms with E-state index in [1.54, 1.807) is 18.2 Å². The predicted molar refractivity (Wildman–Crippen MR) is 108 cm³/mol. The maximum absolute atomic E-state index is 12.9. The Bertz CT molecular complexity index is 1190. The largest absolute Gasteiger partial charge is 0.329 e. The molecular formula is C19H19N5O2S2. The van der Waals surface area contributed by atoms with Crippen molar-refractivity contribution in [2.45, 2.75) is 42.7 Å². The Morgan fingerprint density at radius 3 is 2.75 bits per heavy atom. The molecule has 0 saturated heterocycles. The Hall–Kier alpha value is -2.36. The standard InChI is InChI=1S/C19H19N5O2S2/c25-28(26,17-5-1-4-16-18(17)22-27-21-16)23-14-6-8-15(9-7-14)24-12-2-3-13-10-11-20-19(13)24/h1-5,10-12,14-15,23H,6-9H2. The molecule has 0 amide bonds. The molecule has 1 N–H and O–H groups in total. The zero-order valence-electron chi connectivity index (χ0n) is 15.0. The third kappa shape index (κ3) is 3.09. The highest BCUT2D eigenvalue weighted by Crippen LogP contribution is 2.33. The monoisotopic (exact) mass is 413 g/mol. The fraction of sp³-hybridized carbons (Fsp3) is 0.316. The van der Waals surface area contributed by atoms with Gasteiger partial charge in [0.1, 0.15) is 21.8 Å². The van der Waals surface area contributed by atoms with E-state index in [1.807, 2.05) is 18.3 Å². The van der Waals surface area contributed by atoms with Crippen LogP contribution in [0.2, 0.25) is 0 Å². The molecule has 1 fully saturated rings. The van der Waals surface area contributed by atoms with E-state index in [9.17, 15) is 8.42 Å². The SMILES string of the molecule is O=S(=O)(NC1CCC(n2cccc3ccnc2-3)CC1)c1cccc2nsnc12. The second-order valence-corrected chi connectivity index (χ2v) is 9.36. The molecule has 0 atom stereocenters. The normalized spacial score (nSPS) is 20.7. The van der Waals surface area contributed by atoms with Gasteiger partial charge >= 0.3 is 0 Å². The number of hydrogen-bond acceptors (Lipinski definition) is 6. The summed E-state index contributed by atoms with van der Waals surface area (Å²) in [6.45, 7) is 0. The maximum Gasteiger partial charge on any atom is 0.243 e. The molecule has 0 unspecified atom stereocenters. The Balaban J connectivity index is 1.31. The van der Waals surface area contributed by atoms with Gasteiger partial charge in [0.05, 0.1) is 11.7 Å². The molecule has 2 aliphatic heterocycles. The summed E-state index contributed by atoms with van der Waals surface area (Å²) in [5.41, 5.74) is 2.19. The summed E-state index contributed by atoms with van der Waals surface area (Å²) in [5, 5.41) is 0. The Labute approximate surface area is 167 Å². The van der Waals surface area contributed by atoms with Gasteiger partial charge in [-0.05, 0) is 56.0 Å². The molecule has 1 saturated carbocycles. The van der Waals surface area contributed by atoms with Crippen LogP contribution in [0.5, 0.6) is 0 Å². The first-order chi connectivity index (χ1) is 13.6. The molecule has 3 heterocycles. The average molecular weight is 414 g/mol. The lowest BCUT2D eigenvalue weighted by molar-refractivity contribution is 0.311. The predicted octanol–water partition coefficient (Wildman–Crippen LogP) is 3.45. The quantitative estimate of drug-likeness (QED) is 0.553. The minimum Gasteiger partial charge on any atom is -0.329 e. The molecule has 1 aromatic heterocycles. The van der Waals surface area contributed by atoms with Gasteiger partial charge in [0.2, 0.25) is 10.0 Å². The summed E-state index contributed by atoms with van der Waals surface area (Å²) >= 11 is 1.03. The van der Waals surface area contributed by atoms with Crippen molar-refractivity contribution in [2.24, 2.45) is 0 Å². The van der Waals surface area contributed by atoms with Crippen molar-refractivity contribution in [3.8, 4) is 11.4 Å². The molecule has 3 aliphatic rings. The molecule has 1 aromatic carbocycles. The molecule has 144 valence electrons. The van der Waals surface area contributed by atoms with Gasteiger partial charge in [-0.2, -0.15) is 8.75 Å². The highest BCUT2D eigenvalue weighted by molar-refractivity contribution is 7.89. The van der Waals surface area contributed by atoms with E-state index in [1.165, 1.54) is 0 Å². The van der Waals surface area contributed by atoms with Crippen molar-refractivity contribution in [1.29, 1.82) is 0 Å². The van der Waals surface area contributed by atoms with Crippen molar-refractivity contribution < 1.29 is 8.42 Å². The number of sulfonamides is 1. The molecular weight excluding hydrogens is 394 g/mol. The van der Waals surface area contributed by atoms with Gasteiger partial charge in [-0.3, -0.25) is 0 Å². The lowest BCUT2D eigenvalue weighted by Crippen LogP contribution is -2.38. The lowest BCUT2D eigenvalue weighted by atomic mass is 9.91. The lowest BCUT2D eigenvalue weighted by Gasteiger charge is -2.31. The van der Waals surface area contributed by atoms with Crippen molar-refractivity contribution in [3.05, 3.63) is 48.8 Å². The molecule has 7 nitrogen and oxygen atoms in total. The highest BCUT2D eigenvalue weighted by atomic mass is 32.2. The first-order valence-electron chi connectivity index (χ1n) is 9.27. The van der Waals surface area contributed by atoms with E-state index in [0.29, 0.717) is 17.1 Å².